The Labute approximate surface area is 152 Å². The van der Waals surface area contributed by atoms with Crippen LogP contribution in [0.5, 0.6) is 0 Å². The highest BCUT2D eigenvalue weighted by Crippen LogP contribution is 2.25. The van der Waals surface area contributed by atoms with Crippen LogP contribution in [-0.2, 0) is 11.3 Å². The van der Waals surface area contributed by atoms with Gasteiger partial charge in [0.25, 0.3) is 5.22 Å². The minimum atomic E-state index is -0.340. The van der Waals surface area contributed by atoms with E-state index in [2.05, 4.69) is 26.1 Å². The number of Topliss-reactive ketones (excluding diaryl/α,β-unsaturated/α-hetero) is 1. The van der Waals surface area contributed by atoms with E-state index in [9.17, 15) is 9.59 Å². The molecule has 0 saturated carbocycles. The summed E-state index contributed by atoms with van der Waals surface area (Å²) in [6.45, 7) is 2.87. The number of rotatable bonds is 6. The lowest BCUT2D eigenvalue weighted by Gasteiger charge is -2.11. The number of hydrogen-bond donors (Lipinski definition) is 0. The van der Waals surface area contributed by atoms with Gasteiger partial charge in [-0.1, -0.05) is 39.8 Å². The maximum absolute atomic E-state index is 12.4. The van der Waals surface area contributed by atoms with Gasteiger partial charge in [0.05, 0.1) is 11.8 Å². The molecule has 1 aliphatic rings. The van der Waals surface area contributed by atoms with Gasteiger partial charge in [-0.25, -0.2) is 0 Å². The predicted octanol–water partition coefficient (Wildman–Crippen LogP) is 3.32. The van der Waals surface area contributed by atoms with E-state index in [0.717, 1.165) is 17.4 Å². The van der Waals surface area contributed by atoms with Gasteiger partial charge in [0.2, 0.25) is 11.8 Å². The van der Waals surface area contributed by atoms with Gasteiger partial charge < -0.3 is 9.32 Å². The minimum absolute atomic E-state index is 0.00182. The first-order valence-electron chi connectivity index (χ1n) is 7.59. The highest BCUT2D eigenvalue weighted by atomic mass is 79.9. The molecule has 1 amide bonds. The van der Waals surface area contributed by atoms with Crippen molar-refractivity contribution in [3.8, 4) is 0 Å². The second-order valence-electron chi connectivity index (χ2n) is 5.51. The van der Waals surface area contributed by atoms with Crippen LogP contribution in [0.2, 0.25) is 0 Å². The van der Waals surface area contributed by atoms with Crippen LogP contribution in [0.3, 0.4) is 0 Å². The molecule has 0 bridgehead atoms. The molecule has 0 spiro atoms. The van der Waals surface area contributed by atoms with Crippen molar-refractivity contribution < 1.29 is 14.0 Å². The second-order valence-corrected chi connectivity index (χ2v) is 7.72. The summed E-state index contributed by atoms with van der Waals surface area (Å²) in [5.74, 6) is 0.513. The van der Waals surface area contributed by atoms with Crippen molar-refractivity contribution in [2.45, 2.75) is 36.8 Å². The molecule has 126 valence electrons. The van der Waals surface area contributed by atoms with Gasteiger partial charge in [-0.3, -0.25) is 9.59 Å². The summed E-state index contributed by atoms with van der Waals surface area (Å²) in [4.78, 5) is 25.7. The number of nitrogens with zero attached hydrogens (tertiary/aromatic N) is 3. The molecular formula is C16H16BrN3O3S. The number of aromatic nitrogens is 2. The van der Waals surface area contributed by atoms with Gasteiger partial charge in [-0.2, -0.15) is 0 Å². The van der Waals surface area contributed by atoms with E-state index < -0.39 is 0 Å². The maximum Gasteiger partial charge on any atom is 0.277 e. The van der Waals surface area contributed by atoms with E-state index in [1.54, 1.807) is 17.0 Å². The summed E-state index contributed by atoms with van der Waals surface area (Å²) in [7, 11) is 0. The number of carbonyl (C=O) groups is 2. The van der Waals surface area contributed by atoms with E-state index in [0.29, 0.717) is 29.6 Å². The standard InChI is InChI=1S/C16H16BrN3O3S/c1-10(15(22)11-4-6-12(17)7-5-11)24-16-19-18-13(23-16)9-20-8-2-3-14(20)21/h4-7,10H,2-3,8-9H2,1H3. The number of carbonyl (C=O) groups excluding carboxylic acids is 2. The molecule has 1 fully saturated rings. The van der Waals surface area contributed by atoms with Crippen LogP contribution >= 0.6 is 27.7 Å². The Bertz CT molecular complexity index is 747. The van der Waals surface area contributed by atoms with E-state index >= 15 is 0 Å². The average molecular weight is 410 g/mol. The fraction of sp³-hybridized carbons (Fsp3) is 0.375. The lowest BCUT2D eigenvalue weighted by atomic mass is 10.1. The van der Waals surface area contributed by atoms with Crippen molar-refractivity contribution >= 4 is 39.4 Å². The predicted molar refractivity (Wildman–Crippen MR) is 92.7 cm³/mol. The van der Waals surface area contributed by atoms with Crippen molar-refractivity contribution in [1.29, 1.82) is 0 Å². The van der Waals surface area contributed by atoms with Gasteiger partial charge in [0.15, 0.2) is 5.78 Å². The molecular weight excluding hydrogens is 394 g/mol. The monoisotopic (exact) mass is 409 g/mol. The van der Waals surface area contributed by atoms with Gasteiger partial charge in [0.1, 0.15) is 0 Å². The van der Waals surface area contributed by atoms with Gasteiger partial charge in [-0.05, 0) is 25.5 Å². The van der Waals surface area contributed by atoms with Crippen LogP contribution in [0.25, 0.3) is 0 Å². The van der Waals surface area contributed by atoms with E-state index in [1.165, 1.54) is 11.8 Å². The Kier molecular flexibility index (Phi) is 5.35. The summed E-state index contributed by atoms with van der Waals surface area (Å²) in [5.41, 5.74) is 0.639. The molecule has 1 atom stereocenters. The average Bonchev–Trinajstić information content (AvgIpc) is 3.17. The summed E-state index contributed by atoms with van der Waals surface area (Å²) >= 11 is 4.58. The zero-order valence-electron chi connectivity index (χ0n) is 13.1. The number of amides is 1. The normalized spacial score (nSPS) is 15.8. The number of benzene rings is 1. The first kappa shape index (κ1) is 17.2. The fourth-order valence-corrected chi connectivity index (χ4v) is 3.48. The molecule has 1 aromatic carbocycles. The van der Waals surface area contributed by atoms with Crippen molar-refractivity contribution in [1.82, 2.24) is 15.1 Å². The van der Waals surface area contributed by atoms with Gasteiger partial charge in [-0.15, -0.1) is 10.2 Å². The Balaban J connectivity index is 1.60. The van der Waals surface area contributed by atoms with Crippen LogP contribution in [0.15, 0.2) is 38.4 Å². The van der Waals surface area contributed by atoms with Gasteiger partial charge in [0, 0.05) is 23.0 Å². The van der Waals surface area contributed by atoms with E-state index in [-0.39, 0.29) is 16.9 Å². The maximum atomic E-state index is 12.4. The molecule has 2 heterocycles. The van der Waals surface area contributed by atoms with Crippen molar-refractivity contribution in [3.05, 3.63) is 40.2 Å². The molecule has 3 rings (SSSR count). The molecule has 24 heavy (non-hydrogen) atoms. The number of thioether (sulfide) groups is 1. The minimum Gasteiger partial charge on any atom is -0.414 e. The van der Waals surface area contributed by atoms with Crippen LogP contribution in [-0.4, -0.2) is 38.6 Å². The summed E-state index contributed by atoms with van der Waals surface area (Å²) in [6.07, 6.45) is 1.45. The number of likely N-dealkylation sites (tertiary alicyclic amines) is 1. The highest BCUT2D eigenvalue weighted by Gasteiger charge is 2.24. The van der Waals surface area contributed by atoms with Crippen LogP contribution in [0, 0.1) is 0 Å². The molecule has 0 aliphatic carbocycles. The third kappa shape index (κ3) is 4.05. The number of ketones is 1. The van der Waals surface area contributed by atoms with E-state index in [1.807, 2.05) is 19.1 Å². The molecule has 8 heteroatoms. The molecule has 0 radical (unpaired) electrons. The van der Waals surface area contributed by atoms with Crippen LogP contribution in [0.1, 0.15) is 36.0 Å². The first-order valence-corrected chi connectivity index (χ1v) is 9.27. The Hall–Kier alpha value is -1.67. The molecule has 1 aromatic heterocycles. The zero-order valence-corrected chi connectivity index (χ0v) is 15.5. The van der Waals surface area contributed by atoms with Gasteiger partial charge >= 0.3 is 0 Å². The fourth-order valence-electron chi connectivity index (χ4n) is 2.44. The highest BCUT2D eigenvalue weighted by molar-refractivity contribution is 9.10. The molecule has 1 unspecified atom stereocenters. The second kappa shape index (κ2) is 7.48. The smallest absolute Gasteiger partial charge is 0.277 e. The number of halogens is 1. The topological polar surface area (TPSA) is 76.3 Å². The lowest BCUT2D eigenvalue weighted by molar-refractivity contribution is -0.128. The molecule has 1 aliphatic heterocycles. The zero-order chi connectivity index (χ0) is 17.1. The lowest BCUT2D eigenvalue weighted by Crippen LogP contribution is -2.23. The van der Waals surface area contributed by atoms with Crippen LogP contribution < -0.4 is 0 Å². The Morgan fingerprint density at radius 3 is 2.79 bits per heavy atom. The summed E-state index contributed by atoms with van der Waals surface area (Å²) in [6, 6.07) is 7.23. The largest absolute Gasteiger partial charge is 0.414 e. The third-order valence-electron chi connectivity index (χ3n) is 3.72. The third-order valence-corrected chi connectivity index (χ3v) is 5.18. The molecule has 1 saturated heterocycles. The molecule has 0 N–H and O–H groups in total. The van der Waals surface area contributed by atoms with Crippen LogP contribution in [0.4, 0.5) is 0 Å². The van der Waals surface area contributed by atoms with E-state index in [4.69, 9.17) is 4.42 Å². The molecule has 2 aromatic rings. The first-order chi connectivity index (χ1) is 11.5. The van der Waals surface area contributed by atoms with Crippen molar-refractivity contribution in [3.63, 3.8) is 0 Å². The Morgan fingerprint density at radius 2 is 2.12 bits per heavy atom. The summed E-state index contributed by atoms with van der Waals surface area (Å²) < 4.78 is 6.48. The number of hydrogen-bond acceptors (Lipinski definition) is 6. The Morgan fingerprint density at radius 1 is 1.38 bits per heavy atom. The van der Waals surface area contributed by atoms with Crippen molar-refractivity contribution in [2.75, 3.05) is 6.54 Å². The van der Waals surface area contributed by atoms with Crippen molar-refractivity contribution in [2.24, 2.45) is 0 Å². The summed E-state index contributed by atoms with van der Waals surface area (Å²) in [5, 5.41) is 7.93. The molecule has 6 nitrogen and oxygen atoms in total. The SMILES string of the molecule is CC(Sc1nnc(CN2CCCC2=O)o1)C(=O)c1ccc(Br)cc1. The quantitative estimate of drug-likeness (QED) is 0.537.